The molecular formula is C17H17N3OS. The van der Waals surface area contributed by atoms with Crippen molar-refractivity contribution in [3.63, 3.8) is 0 Å². The normalized spacial score (nSPS) is 11.4. The number of hydrazone groups is 1. The highest BCUT2D eigenvalue weighted by atomic mass is 32.1. The highest BCUT2D eigenvalue weighted by molar-refractivity contribution is 7.80. The summed E-state index contributed by atoms with van der Waals surface area (Å²) in [5.41, 5.74) is 10.8. The van der Waals surface area contributed by atoms with Gasteiger partial charge < -0.3 is 10.5 Å². The molecule has 2 aromatic carbocycles. The topological polar surface area (TPSA) is 59.6 Å². The van der Waals surface area contributed by atoms with Gasteiger partial charge in [0.15, 0.2) is 5.11 Å². The molecule has 22 heavy (non-hydrogen) atoms. The number of thiocarbonyl (C=S) groups is 1. The summed E-state index contributed by atoms with van der Waals surface area (Å²) < 4.78 is 5.14. The average Bonchev–Trinajstić information content (AvgIpc) is 2.56. The second kappa shape index (κ2) is 7.95. The van der Waals surface area contributed by atoms with Gasteiger partial charge >= 0.3 is 0 Å². The SMILES string of the molecule is COc1ccc(/C=C/C(=N/NC(N)=S)c2ccccc2)cc1. The molecule has 0 fully saturated rings. The van der Waals surface area contributed by atoms with Gasteiger partial charge in [-0.1, -0.05) is 48.5 Å². The molecule has 0 aliphatic carbocycles. The maximum absolute atomic E-state index is 5.43. The second-order valence-electron chi connectivity index (χ2n) is 4.45. The van der Waals surface area contributed by atoms with Crippen molar-refractivity contribution in [2.24, 2.45) is 10.8 Å². The highest BCUT2D eigenvalue weighted by Crippen LogP contribution is 2.13. The first kappa shape index (κ1) is 15.7. The molecule has 0 unspecified atom stereocenters. The fraction of sp³-hybridized carbons (Fsp3) is 0.0588. The average molecular weight is 311 g/mol. The number of hydrogen-bond donors (Lipinski definition) is 2. The third-order valence-electron chi connectivity index (χ3n) is 2.91. The lowest BCUT2D eigenvalue weighted by molar-refractivity contribution is 0.415. The largest absolute Gasteiger partial charge is 0.497 e. The van der Waals surface area contributed by atoms with Gasteiger partial charge in [-0.3, -0.25) is 5.43 Å². The van der Waals surface area contributed by atoms with E-state index in [9.17, 15) is 0 Å². The van der Waals surface area contributed by atoms with Crippen molar-refractivity contribution in [1.82, 2.24) is 5.43 Å². The minimum Gasteiger partial charge on any atom is -0.497 e. The fourth-order valence-corrected chi connectivity index (χ4v) is 1.86. The van der Waals surface area contributed by atoms with Gasteiger partial charge in [-0.15, -0.1) is 0 Å². The van der Waals surface area contributed by atoms with Crippen LogP contribution >= 0.6 is 12.2 Å². The zero-order valence-electron chi connectivity index (χ0n) is 12.2. The summed E-state index contributed by atoms with van der Waals surface area (Å²) in [6.07, 6.45) is 3.87. The summed E-state index contributed by atoms with van der Waals surface area (Å²) in [6.45, 7) is 0. The van der Waals surface area contributed by atoms with Crippen molar-refractivity contribution < 1.29 is 4.74 Å². The quantitative estimate of drug-likeness (QED) is 0.506. The fourth-order valence-electron chi connectivity index (χ4n) is 1.81. The smallest absolute Gasteiger partial charge is 0.184 e. The van der Waals surface area contributed by atoms with Crippen molar-refractivity contribution in [2.75, 3.05) is 7.11 Å². The Morgan fingerprint density at radius 1 is 1.14 bits per heavy atom. The number of allylic oxidation sites excluding steroid dienone is 1. The molecule has 0 heterocycles. The van der Waals surface area contributed by atoms with Crippen molar-refractivity contribution in [2.45, 2.75) is 0 Å². The second-order valence-corrected chi connectivity index (χ2v) is 4.89. The van der Waals surface area contributed by atoms with E-state index in [1.807, 2.05) is 66.7 Å². The summed E-state index contributed by atoms with van der Waals surface area (Å²) in [5.74, 6) is 0.823. The van der Waals surface area contributed by atoms with Gasteiger partial charge in [0, 0.05) is 5.56 Å². The molecule has 0 radical (unpaired) electrons. The summed E-state index contributed by atoms with van der Waals surface area (Å²) in [7, 11) is 1.65. The first-order valence-corrected chi connectivity index (χ1v) is 7.10. The Kier molecular flexibility index (Phi) is 5.68. The highest BCUT2D eigenvalue weighted by Gasteiger charge is 1.99. The van der Waals surface area contributed by atoms with E-state index >= 15 is 0 Å². The van der Waals surface area contributed by atoms with Gasteiger partial charge in [-0.05, 0) is 36.0 Å². The molecule has 2 aromatic rings. The van der Waals surface area contributed by atoms with Gasteiger partial charge in [0.2, 0.25) is 0 Å². The lowest BCUT2D eigenvalue weighted by atomic mass is 10.1. The van der Waals surface area contributed by atoms with Crippen LogP contribution in [-0.4, -0.2) is 17.9 Å². The summed E-state index contributed by atoms with van der Waals surface area (Å²) in [5, 5.41) is 4.36. The monoisotopic (exact) mass is 311 g/mol. The number of nitrogens with two attached hydrogens (primary N) is 1. The Morgan fingerprint density at radius 3 is 2.41 bits per heavy atom. The number of nitrogens with zero attached hydrogens (tertiary/aromatic N) is 1. The van der Waals surface area contributed by atoms with Crippen LogP contribution in [-0.2, 0) is 0 Å². The van der Waals surface area contributed by atoms with Crippen LogP contribution in [0.15, 0.2) is 65.8 Å². The van der Waals surface area contributed by atoms with E-state index in [4.69, 9.17) is 22.7 Å². The molecule has 0 atom stereocenters. The predicted octanol–water partition coefficient (Wildman–Crippen LogP) is 2.95. The number of hydrogen-bond acceptors (Lipinski definition) is 3. The van der Waals surface area contributed by atoms with Crippen molar-refractivity contribution in [3.8, 4) is 5.75 Å². The number of rotatable bonds is 5. The Labute approximate surface area is 135 Å². The minimum atomic E-state index is 0.131. The number of nitrogens with one attached hydrogen (secondary N) is 1. The van der Waals surface area contributed by atoms with E-state index in [1.165, 1.54) is 0 Å². The van der Waals surface area contributed by atoms with E-state index in [0.29, 0.717) is 0 Å². The van der Waals surface area contributed by atoms with Crippen LogP contribution in [0.1, 0.15) is 11.1 Å². The summed E-state index contributed by atoms with van der Waals surface area (Å²) >= 11 is 4.79. The van der Waals surface area contributed by atoms with Crippen LogP contribution in [0.2, 0.25) is 0 Å². The van der Waals surface area contributed by atoms with Crippen LogP contribution in [0.5, 0.6) is 5.75 Å². The molecule has 4 nitrogen and oxygen atoms in total. The molecule has 0 bridgehead atoms. The van der Waals surface area contributed by atoms with Gasteiger partial charge in [0.05, 0.1) is 12.8 Å². The number of methoxy groups -OCH3 is 1. The first-order valence-electron chi connectivity index (χ1n) is 6.70. The number of ether oxygens (including phenoxy) is 1. The molecule has 3 N–H and O–H groups in total. The molecule has 2 rings (SSSR count). The van der Waals surface area contributed by atoms with Crippen LogP contribution in [0.4, 0.5) is 0 Å². The van der Waals surface area contributed by atoms with E-state index in [-0.39, 0.29) is 5.11 Å². The molecular weight excluding hydrogens is 294 g/mol. The lowest BCUT2D eigenvalue weighted by Crippen LogP contribution is -2.25. The predicted molar refractivity (Wildman–Crippen MR) is 94.9 cm³/mol. The van der Waals surface area contributed by atoms with Crippen LogP contribution < -0.4 is 15.9 Å². The summed E-state index contributed by atoms with van der Waals surface area (Å²) in [6, 6.07) is 17.6. The minimum absolute atomic E-state index is 0.131. The Hall–Kier alpha value is -2.66. The molecule has 0 aliphatic rings. The third kappa shape index (κ3) is 4.71. The Morgan fingerprint density at radius 2 is 1.82 bits per heavy atom. The van der Waals surface area contributed by atoms with Crippen molar-refractivity contribution in [1.29, 1.82) is 0 Å². The molecule has 112 valence electrons. The van der Waals surface area contributed by atoms with Gasteiger partial charge in [-0.25, -0.2) is 0 Å². The molecule has 0 saturated heterocycles. The van der Waals surface area contributed by atoms with Gasteiger partial charge in [-0.2, -0.15) is 5.10 Å². The standard InChI is InChI=1S/C17H17N3OS/c1-21-15-10-7-13(8-11-15)9-12-16(19-20-17(18)22)14-5-3-2-4-6-14/h2-12H,1H3,(H3,18,20,22)/b12-9+,19-16-. The zero-order chi connectivity index (χ0) is 15.8. The van der Waals surface area contributed by atoms with Crippen molar-refractivity contribution >= 4 is 29.1 Å². The van der Waals surface area contributed by atoms with E-state index < -0.39 is 0 Å². The van der Waals surface area contributed by atoms with E-state index in [0.717, 1.165) is 22.6 Å². The molecule has 5 heteroatoms. The van der Waals surface area contributed by atoms with Gasteiger partial charge in [0.25, 0.3) is 0 Å². The molecule has 0 amide bonds. The number of benzene rings is 2. The molecule has 0 aliphatic heterocycles. The maximum Gasteiger partial charge on any atom is 0.184 e. The molecule has 0 aromatic heterocycles. The molecule has 0 saturated carbocycles. The van der Waals surface area contributed by atoms with Crippen LogP contribution in [0.25, 0.3) is 6.08 Å². The maximum atomic E-state index is 5.43. The van der Waals surface area contributed by atoms with Crippen LogP contribution in [0, 0.1) is 0 Å². The van der Waals surface area contributed by atoms with E-state index in [2.05, 4.69) is 10.5 Å². The first-order chi connectivity index (χ1) is 10.7. The lowest BCUT2D eigenvalue weighted by Gasteiger charge is -2.03. The van der Waals surface area contributed by atoms with Crippen molar-refractivity contribution in [3.05, 3.63) is 71.8 Å². The summed E-state index contributed by atoms with van der Waals surface area (Å²) in [4.78, 5) is 0. The Bertz CT molecular complexity index is 679. The zero-order valence-corrected chi connectivity index (χ0v) is 13.0. The molecule has 0 spiro atoms. The third-order valence-corrected chi connectivity index (χ3v) is 3.00. The van der Waals surface area contributed by atoms with E-state index in [1.54, 1.807) is 7.11 Å². The van der Waals surface area contributed by atoms with Gasteiger partial charge in [0.1, 0.15) is 5.75 Å². The Balaban J connectivity index is 2.23. The van der Waals surface area contributed by atoms with Crippen LogP contribution in [0.3, 0.4) is 0 Å².